The van der Waals surface area contributed by atoms with E-state index in [0.29, 0.717) is 12.1 Å². The highest BCUT2D eigenvalue weighted by atomic mass is 79.9. The zero-order valence-electron chi connectivity index (χ0n) is 10.1. The first-order valence-corrected chi connectivity index (χ1v) is 6.46. The lowest BCUT2D eigenvalue weighted by Crippen LogP contribution is -2.18. The standard InChI is InChI=1S/C14H14BrFN2/c1-18(9-11-6-13(15)8-17-7-11)10-12-4-2-3-5-14(12)16/h2-8H,9-10H2,1H3. The molecular weight excluding hydrogens is 295 g/mol. The van der Waals surface area contributed by atoms with Crippen LogP contribution in [0.15, 0.2) is 47.2 Å². The van der Waals surface area contributed by atoms with Gasteiger partial charge in [-0.2, -0.15) is 0 Å². The molecule has 2 nitrogen and oxygen atoms in total. The molecule has 0 saturated carbocycles. The van der Waals surface area contributed by atoms with Gasteiger partial charge in [-0.3, -0.25) is 9.88 Å². The van der Waals surface area contributed by atoms with Crippen LogP contribution in [-0.4, -0.2) is 16.9 Å². The first-order chi connectivity index (χ1) is 8.65. The molecule has 0 spiro atoms. The Labute approximate surface area is 115 Å². The van der Waals surface area contributed by atoms with Crippen LogP contribution in [0.1, 0.15) is 11.1 Å². The predicted octanol–water partition coefficient (Wildman–Crippen LogP) is 3.62. The largest absolute Gasteiger partial charge is 0.298 e. The molecule has 2 aromatic rings. The number of hydrogen-bond donors (Lipinski definition) is 0. The summed E-state index contributed by atoms with van der Waals surface area (Å²) in [6.07, 6.45) is 3.57. The number of nitrogens with zero attached hydrogens (tertiary/aromatic N) is 2. The minimum atomic E-state index is -0.156. The number of halogens is 2. The fourth-order valence-electron chi connectivity index (χ4n) is 1.83. The third-order valence-electron chi connectivity index (χ3n) is 2.61. The van der Waals surface area contributed by atoms with Crippen LogP contribution in [0, 0.1) is 5.82 Å². The summed E-state index contributed by atoms with van der Waals surface area (Å²) in [5, 5.41) is 0. The molecule has 0 aliphatic carbocycles. The molecule has 0 amide bonds. The Morgan fingerprint density at radius 2 is 2.00 bits per heavy atom. The number of benzene rings is 1. The zero-order chi connectivity index (χ0) is 13.0. The maximum atomic E-state index is 13.5. The van der Waals surface area contributed by atoms with E-state index in [2.05, 4.69) is 25.8 Å². The van der Waals surface area contributed by atoms with E-state index in [9.17, 15) is 4.39 Å². The van der Waals surface area contributed by atoms with Crippen molar-refractivity contribution in [1.82, 2.24) is 9.88 Å². The van der Waals surface area contributed by atoms with Crippen molar-refractivity contribution in [3.8, 4) is 0 Å². The molecule has 18 heavy (non-hydrogen) atoms. The SMILES string of the molecule is CN(Cc1cncc(Br)c1)Cc1ccccc1F. The van der Waals surface area contributed by atoms with Gasteiger partial charge in [-0.1, -0.05) is 18.2 Å². The van der Waals surface area contributed by atoms with E-state index in [1.165, 1.54) is 6.07 Å². The van der Waals surface area contributed by atoms with E-state index in [0.717, 1.165) is 16.6 Å². The third-order valence-corrected chi connectivity index (χ3v) is 3.05. The van der Waals surface area contributed by atoms with Crippen molar-refractivity contribution in [1.29, 1.82) is 0 Å². The molecule has 0 aliphatic rings. The summed E-state index contributed by atoms with van der Waals surface area (Å²) < 4.78 is 14.5. The fraction of sp³-hybridized carbons (Fsp3) is 0.214. The lowest BCUT2D eigenvalue weighted by molar-refractivity contribution is 0.313. The van der Waals surface area contributed by atoms with Crippen molar-refractivity contribution in [2.75, 3.05) is 7.05 Å². The van der Waals surface area contributed by atoms with Crippen LogP contribution in [-0.2, 0) is 13.1 Å². The van der Waals surface area contributed by atoms with Gasteiger partial charge in [-0.25, -0.2) is 4.39 Å². The predicted molar refractivity (Wildman–Crippen MR) is 73.5 cm³/mol. The van der Waals surface area contributed by atoms with Crippen LogP contribution in [0.5, 0.6) is 0 Å². The molecule has 4 heteroatoms. The number of hydrogen-bond acceptors (Lipinski definition) is 2. The van der Waals surface area contributed by atoms with Crippen molar-refractivity contribution in [2.45, 2.75) is 13.1 Å². The van der Waals surface area contributed by atoms with Gasteiger partial charge in [0.25, 0.3) is 0 Å². The fourth-order valence-corrected chi connectivity index (χ4v) is 2.24. The Kier molecular flexibility index (Phi) is 4.44. The highest BCUT2D eigenvalue weighted by Gasteiger charge is 2.06. The van der Waals surface area contributed by atoms with Gasteiger partial charge in [-0.05, 0) is 40.7 Å². The van der Waals surface area contributed by atoms with Gasteiger partial charge in [0.05, 0.1) is 0 Å². The second-order valence-corrected chi connectivity index (χ2v) is 5.19. The van der Waals surface area contributed by atoms with Crippen molar-refractivity contribution >= 4 is 15.9 Å². The molecule has 1 aromatic heterocycles. The Morgan fingerprint density at radius 3 is 2.72 bits per heavy atom. The van der Waals surface area contributed by atoms with Gasteiger partial charge in [-0.15, -0.1) is 0 Å². The van der Waals surface area contributed by atoms with Crippen LogP contribution in [0.4, 0.5) is 4.39 Å². The second-order valence-electron chi connectivity index (χ2n) is 4.28. The van der Waals surface area contributed by atoms with Crippen LogP contribution >= 0.6 is 15.9 Å². The van der Waals surface area contributed by atoms with E-state index in [1.54, 1.807) is 12.3 Å². The van der Waals surface area contributed by atoms with Gasteiger partial charge in [0.15, 0.2) is 0 Å². The van der Waals surface area contributed by atoms with Crippen molar-refractivity contribution in [2.24, 2.45) is 0 Å². The molecule has 0 N–H and O–H groups in total. The van der Waals surface area contributed by atoms with E-state index in [-0.39, 0.29) is 5.82 Å². The molecule has 2 rings (SSSR count). The quantitative estimate of drug-likeness (QED) is 0.857. The van der Waals surface area contributed by atoms with Gasteiger partial charge < -0.3 is 0 Å². The first-order valence-electron chi connectivity index (χ1n) is 5.66. The van der Waals surface area contributed by atoms with Crippen molar-refractivity contribution in [3.05, 3.63) is 64.1 Å². The summed E-state index contributed by atoms with van der Waals surface area (Å²) in [6, 6.07) is 8.88. The average Bonchev–Trinajstić information content (AvgIpc) is 2.32. The van der Waals surface area contributed by atoms with E-state index in [4.69, 9.17) is 0 Å². The van der Waals surface area contributed by atoms with Crippen LogP contribution in [0.3, 0.4) is 0 Å². The van der Waals surface area contributed by atoms with E-state index in [1.807, 2.05) is 31.4 Å². The Balaban J connectivity index is 2.01. The molecule has 0 radical (unpaired) electrons. The van der Waals surface area contributed by atoms with Gasteiger partial charge >= 0.3 is 0 Å². The number of rotatable bonds is 4. The maximum absolute atomic E-state index is 13.5. The monoisotopic (exact) mass is 308 g/mol. The normalized spacial score (nSPS) is 10.9. The summed E-state index contributed by atoms with van der Waals surface area (Å²) in [5.41, 5.74) is 1.81. The molecule has 0 fully saturated rings. The highest BCUT2D eigenvalue weighted by molar-refractivity contribution is 9.10. The Morgan fingerprint density at radius 1 is 1.22 bits per heavy atom. The molecular formula is C14H14BrFN2. The van der Waals surface area contributed by atoms with Gasteiger partial charge in [0, 0.05) is 35.5 Å². The molecule has 1 aromatic carbocycles. The average molecular weight is 309 g/mol. The number of aromatic nitrogens is 1. The van der Waals surface area contributed by atoms with E-state index >= 15 is 0 Å². The van der Waals surface area contributed by atoms with Crippen LogP contribution in [0.25, 0.3) is 0 Å². The molecule has 0 bridgehead atoms. The second kappa shape index (κ2) is 6.07. The maximum Gasteiger partial charge on any atom is 0.127 e. The van der Waals surface area contributed by atoms with Crippen LogP contribution < -0.4 is 0 Å². The third kappa shape index (κ3) is 3.62. The van der Waals surface area contributed by atoms with Crippen molar-refractivity contribution in [3.63, 3.8) is 0 Å². The Hall–Kier alpha value is -1.26. The molecule has 0 saturated heterocycles. The lowest BCUT2D eigenvalue weighted by Gasteiger charge is -2.17. The summed E-state index contributed by atoms with van der Waals surface area (Å²) in [7, 11) is 1.97. The molecule has 0 aliphatic heterocycles. The molecule has 94 valence electrons. The lowest BCUT2D eigenvalue weighted by atomic mass is 10.2. The van der Waals surface area contributed by atoms with Gasteiger partial charge in [0.1, 0.15) is 5.82 Å². The summed E-state index contributed by atoms with van der Waals surface area (Å²) in [5.74, 6) is -0.156. The molecule has 0 unspecified atom stereocenters. The van der Waals surface area contributed by atoms with Crippen molar-refractivity contribution < 1.29 is 4.39 Å². The first kappa shape index (κ1) is 13.2. The molecule has 1 heterocycles. The molecule has 0 atom stereocenters. The highest BCUT2D eigenvalue weighted by Crippen LogP contribution is 2.13. The summed E-state index contributed by atoms with van der Waals surface area (Å²) in [6.45, 7) is 1.32. The minimum absolute atomic E-state index is 0.156. The summed E-state index contributed by atoms with van der Waals surface area (Å²) >= 11 is 3.39. The minimum Gasteiger partial charge on any atom is -0.298 e. The zero-order valence-corrected chi connectivity index (χ0v) is 11.7. The summed E-state index contributed by atoms with van der Waals surface area (Å²) in [4.78, 5) is 6.17. The van der Waals surface area contributed by atoms with Crippen LogP contribution in [0.2, 0.25) is 0 Å². The Bertz CT molecular complexity index is 531. The van der Waals surface area contributed by atoms with E-state index < -0.39 is 0 Å². The van der Waals surface area contributed by atoms with Gasteiger partial charge in [0.2, 0.25) is 0 Å². The number of pyridine rings is 1. The topological polar surface area (TPSA) is 16.1 Å². The smallest absolute Gasteiger partial charge is 0.127 e.